The first-order valence-corrected chi connectivity index (χ1v) is 7.59. The van der Waals surface area contributed by atoms with E-state index in [9.17, 15) is 4.39 Å². The molecule has 2 nitrogen and oxygen atoms in total. The Bertz CT molecular complexity index is 474. The molecule has 1 aromatic carbocycles. The van der Waals surface area contributed by atoms with Crippen molar-refractivity contribution in [1.82, 2.24) is 10.2 Å². The Hall–Kier alpha value is -0.640. The van der Waals surface area contributed by atoms with Crippen molar-refractivity contribution in [2.24, 2.45) is 5.92 Å². The highest BCUT2D eigenvalue weighted by Gasteiger charge is 2.34. The van der Waals surface area contributed by atoms with Crippen molar-refractivity contribution < 1.29 is 4.39 Å². The van der Waals surface area contributed by atoms with Crippen LogP contribution in [0.1, 0.15) is 33.3 Å². The quantitative estimate of drug-likeness (QED) is 0.915. The molecule has 1 saturated heterocycles. The van der Waals surface area contributed by atoms with E-state index in [1.807, 2.05) is 0 Å². The topological polar surface area (TPSA) is 15.3 Å². The maximum atomic E-state index is 13.9. The maximum absolute atomic E-state index is 13.9. The van der Waals surface area contributed by atoms with Crippen LogP contribution in [0, 0.1) is 11.7 Å². The van der Waals surface area contributed by atoms with E-state index >= 15 is 0 Å². The van der Waals surface area contributed by atoms with Crippen LogP contribution in [0.5, 0.6) is 0 Å². The molecule has 1 unspecified atom stereocenters. The molecule has 1 N–H and O–H groups in total. The predicted molar refractivity (Wildman–Crippen MR) is 82.5 cm³/mol. The molecule has 1 fully saturated rings. The van der Waals surface area contributed by atoms with E-state index < -0.39 is 0 Å². The molecule has 1 heterocycles. The summed E-state index contributed by atoms with van der Waals surface area (Å²) in [5.74, 6) is 0.356. The fourth-order valence-corrected chi connectivity index (χ4v) is 3.10. The molecule has 1 aliphatic rings. The van der Waals surface area contributed by atoms with Gasteiger partial charge >= 0.3 is 0 Å². The van der Waals surface area contributed by atoms with Gasteiger partial charge in [-0.25, -0.2) is 4.39 Å². The lowest BCUT2D eigenvalue weighted by molar-refractivity contribution is 0.0618. The van der Waals surface area contributed by atoms with Gasteiger partial charge in [-0.15, -0.1) is 0 Å². The summed E-state index contributed by atoms with van der Waals surface area (Å²) in [4.78, 5) is 2.37. The third-order valence-electron chi connectivity index (χ3n) is 4.01. The zero-order valence-corrected chi connectivity index (χ0v) is 13.5. The molecular formula is C16H24ClFN2. The van der Waals surface area contributed by atoms with Gasteiger partial charge in [-0.1, -0.05) is 25.4 Å². The Morgan fingerprint density at radius 3 is 2.80 bits per heavy atom. The van der Waals surface area contributed by atoms with Gasteiger partial charge in [0.2, 0.25) is 0 Å². The standard InChI is InChI=1S/C16H24ClFN2/c1-11(2)15-8-19-16(3,4)10-20(15)9-12-7-13(17)5-6-14(12)18/h5-7,11,15,19H,8-10H2,1-4H3. The molecule has 20 heavy (non-hydrogen) atoms. The van der Waals surface area contributed by atoms with Gasteiger partial charge in [-0.3, -0.25) is 4.90 Å². The monoisotopic (exact) mass is 298 g/mol. The predicted octanol–water partition coefficient (Wildman–Crippen LogP) is 3.69. The fourth-order valence-electron chi connectivity index (χ4n) is 2.90. The summed E-state index contributed by atoms with van der Waals surface area (Å²) < 4.78 is 13.9. The highest BCUT2D eigenvalue weighted by Crippen LogP contribution is 2.24. The number of hydrogen-bond donors (Lipinski definition) is 1. The van der Waals surface area contributed by atoms with Crippen LogP contribution in [0.4, 0.5) is 4.39 Å². The smallest absolute Gasteiger partial charge is 0.127 e. The lowest BCUT2D eigenvalue weighted by Crippen LogP contribution is -2.62. The van der Waals surface area contributed by atoms with Gasteiger partial charge in [0.15, 0.2) is 0 Å². The Kier molecular flexibility index (Phi) is 4.73. The number of hydrogen-bond acceptors (Lipinski definition) is 2. The number of nitrogens with zero attached hydrogens (tertiary/aromatic N) is 1. The van der Waals surface area contributed by atoms with Crippen LogP contribution in [-0.2, 0) is 6.54 Å². The molecule has 2 rings (SSSR count). The van der Waals surface area contributed by atoms with Gasteiger partial charge in [-0.2, -0.15) is 0 Å². The molecule has 0 saturated carbocycles. The van der Waals surface area contributed by atoms with Crippen LogP contribution >= 0.6 is 11.6 Å². The van der Waals surface area contributed by atoms with Crippen molar-refractivity contribution >= 4 is 11.6 Å². The molecule has 0 bridgehead atoms. The third-order valence-corrected chi connectivity index (χ3v) is 4.24. The van der Waals surface area contributed by atoms with E-state index in [0.717, 1.165) is 13.1 Å². The van der Waals surface area contributed by atoms with Crippen molar-refractivity contribution in [3.63, 3.8) is 0 Å². The number of nitrogens with one attached hydrogen (secondary N) is 1. The largest absolute Gasteiger partial charge is 0.309 e. The lowest BCUT2D eigenvalue weighted by Gasteiger charge is -2.46. The molecule has 0 amide bonds. The van der Waals surface area contributed by atoms with Gasteiger partial charge < -0.3 is 5.32 Å². The Morgan fingerprint density at radius 1 is 1.45 bits per heavy atom. The first-order chi connectivity index (χ1) is 9.28. The van der Waals surface area contributed by atoms with Crippen LogP contribution in [0.15, 0.2) is 18.2 Å². The van der Waals surface area contributed by atoms with Gasteiger partial charge in [0, 0.05) is 41.8 Å². The van der Waals surface area contributed by atoms with Crippen LogP contribution < -0.4 is 5.32 Å². The zero-order chi connectivity index (χ0) is 14.9. The van der Waals surface area contributed by atoms with E-state index in [-0.39, 0.29) is 11.4 Å². The normalized spacial score (nSPS) is 23.2. The minimum atomic E-state index is -0.173. The molecule has 112 valence electrons. The van der Waals surface area contributed by atoms with Crippen molar-refractivity contribution in [1.29, 1.82) is 0 Å². The second kappa shape index (κ2) is 6.00. The van der Waals surface area contributed by atoms with Gasteiger partial charge in [0.1, 0.15) is 5.82 Å². The Morgan fingerprint density at radius 2 is 2.15 bits per heavy atom. The first kappa shape index (κ1) is 15.7. The molecular weight excluding hydrogens is 275 g/mol. The SMILES string of the molecule is CC(C)C1CNC(C)(C)CN1Cc1cc(Cl)ccc1F. The van der Waals surface area contributed by atoms with Crippen LogP contribution in [0.25, 0.3) is 0 Å². The van der Waals surface area contributed by atoms with Gasteiger partial charge in [0.05, 0.1) is 0 Å². The van der Waals surface area contributed by atoms with E-state index in [1.54, 1.807) is 12.1 Å². The molecule has 1 aromatic rings. The summed E-state index contributed by atoms with van der Waals surface area (Å²) in [5.41, 5.74) is 0.737. The van der Waals surface area contributed by atoms with Crippen LogP contribution in [0.2, 0.25) is 5.02 Å². The number of benzene rings is 1. The summed E-state index contributed by atoms with van der Waals surface area (Å²) in [5, 5.41) is 4.16. The van der Waals surface area contributed by atoms with E-state index in [1.165, 1.54) is 6.07 Å². The minimum Gasteiger partial charge on any atom is -0.309 e. The second-order valence-electron chi connectivity index (χ2n) is 6.72. The molecule has 1 atom stereocenters. The second-order valence-corrected chi connectivity index (χ2v) is 7.15. The number of piperazine rings is 1. The van der Waals surface area contributed by atoms with Crippen molar-refractivity contribution in [3.05, 3.63) is 34.6 Å². The van der Waals surface area contributed by atoms with Crippen LogP contribution in [-0.4, -0.2) is 29.6 Å². The van der Waals surface area contributed by atoms with Crippen molar-refractivity contribution in [3.8, 4) is 0 Å². The molecule has 1 aliphatic heterocycles. The molecule has 4 heteroatoms. The van der Waals surface area contributed by atoms with E-state index in [2.05, 4.69) is 37.9 Å². The molecule has 0 radical (unpaired) electrons. The minimum absolute atomic E-state index is 0.0560. The summed E-state index contributed by atoms with van der Waals surface area (Å²) in [7, 11) is 0. The van der Waals surface area contributed by atoms with Gasteiger partial charge in [-0.05, 0) is 38.0 Å². The fraction of sp³-hybridized carbons (Fsp3) is 0.625. The third kappa shape index (κ3) is 3.72. The average Bonchev–Trinajstić information content (AvgIpc) is 2.32. The summed E-state index contributed by atoms with van der Waals surface area (Å²) in [6, 6.07) is 5.21. The Labute approximate surface area is 126 Å². The maximum Gasteiger partial charge on any atom is 0.127 e. The molecule has 0 aromatic heterocycles. The van der Waals surface area contributed by atoms with E-state index in [0.29, 0.717) is 29.1 Å². The Balaban J connectivity index is 2.20. The first-order valence-electron chi connectivity index (χ1n) is 7.21. The zero-order valence-electron chi connectivity index (χ0n) is 12.7. The summed E-state index contributed by atoms with van der Waals surface area (Å²) in [6.07, 6.45) is 0. The van der Waals surface area contributed by atoms with Gasteiger partial charge in [0.25, 0.3) is 0 Å². The summed E-state index contributed by atoms with van der Waals surface area (Å²) in [6.45, 7) is 11.3. The van der Waals surface area contributed by atoms with Crippen molar-refractivity contribution in [2.45, 2.75) is 45.8 Å². The molecule has 0 spiro atoms. The molecule has 0 aliphatic carbocycles. The van der Waals surface area contributed by atoms with Crippen molar-refractivity contribution in [2.75, 3.05) is 13.1 Å². The number of halogens is 2. The average molecular weight is 299 g/mol. The number of rotatable bonds is 3. The van der Waals surface area contributed by atoms with E-state index in [4.69, 9.17) is 11.6 Å². The van der Waals surface area contributed by atoms with Crippen LogP contribution in [0.3, 0.4) is 0 Å². The highest BCUT2D eigenvalue weighted by atomic mass is 35.5. The lowest BCUT2D eigenvalue weighted by atomic mass is 9.92. The highest BCUT2D eigenvalue weighted by molar-refractivity contribution is 6.30. The summed E-state index contributed by atoms with van der Waals surface area (Å²) >= 11 is 5.99.